The average molecular weight is 390 g/mol. The fourth-order valence-corrected chi connectivity index (χ4v) is 2.14. The standard InChI is InChI=1S/C18H18N2O8/c1-25-12-7-8-13(14(9-12)20(23)24)19-17(21)10-28-18(22)11-27-16-6-4-3-5-15(16)26-2/h3-9H,10-11H2,1-2H3,(H,19,21). The number of nitrogens with zero attached hydrogens (tertiary/aromatic N) is 1. The predicted octanol–water partition coefficient (Wildman–Crippen LogP) is 2.17. The van der Waals surface area contributed by atoms with Gasteiger partial charge in [-0.05, 0) is 24.3 Å². The Morgan fingerprint density at radius 2 is 1.75 bits per heavy atom. The molecule has 0 radical (unpaired) electrons. The molecule has 148 valence electrons. The number of hydrogen-bond donors (Lipinski definition) is 1. The molecule has 1 N–H and O–H groups in total. The van der Waals surface area contributed by atoms with Crippen molar-refractivity contribution >= 4 is 23.3 Å². The minimum absolute atomic E-state index is 0.0443. The van der Waals surface area contributed by atoms with E-state index in [9.17, 15) is 19.7 Å². The Balaban J connectivity index is 1.87. The summed E-state index contributed by atoms with van der Waals surface area (Å²) in [5, 5.41) is 13.4. The third-order valence-corrected chi connectivity index (χ3v) is 3.45. The summed E-state index contributed by atoms with van der Waals surface area (Å²) >= 11 is 0. The summed E-state index contributed by atoms with van der Waals surface area (Å²) in [5.41, 5.74) is -0.393. The van der Waals surface area contributed by atoms with E-state index in [2.05, 4.69) is 5.32 Å². The number of ether oxygens (including phenoxy) is 4. The van der Waals surface area contributed by atoms with E-state index in [1.807, 2.05) is 0 Å². The number of benzene rings is 2. The number of nitrogens with one attached hydrogen (secondary N) is 1. The molecule has 10 heteroatoms. The highest BCUT2D eigenvalue weighted by molar-refractivity contribution is 5.95. The van der Waals surface area contributed by atoms with Crippen LogP contribution in [-0.4, -0.2) is 44.2 Å². The number of nitro benzene ring substituents is 1. The van der Waals surface area contributed by atoms with Crippen LogP contribution in [0.1, 0.15) is 0 Å². The van der Waals surface area contributed by atoms with Gasteiger partial charge in [0.15, 0.2) is 24.7 Å². The van der Waals surface area contributed by atoms with Crippen LogP contribution in [0.3, 0.4) is 0 Å². The van der Waals surface area contributed by atoms with E-state index in [0.29, 0.717) is 11.5 Å². The van der Waals surface area contributed by atoms with E-state index in [1.165, 1.54) is 32.4 Å². The zero-order chi connectivity index (χ0) is 20.5. The summed E-state index contributed by atoms with van der Waals surface area (Å²) in [6, 6.07) is 10.7. The summed E-state index contributed by atoms with van der Waals surface area (Å²) in [5.74, 6) is -0.464. The van der Waals surface area contributed by atoms with E-state index in [-0.39, 0.29) is 17.1 Å². The molecule has 1 amide bonds. The van der Waals surface area contributed by atoms with Crippen LogP contribution in [0, 0.1) is 10.1 Å². The van der Waals surface area contributed by atoms with Gasteiger partial charge in [0.1, 0.15) is 11.4 Å². The zero-order valence-electron chi connectivity index (χ0n) is 15.2. The van der Waals surface area contributed by atoms with Gasteiger partial charge < -0.3 is 24.3 Å². The molecule has 0 aliphatic heterocycles. The molecule has 2 rings (SSSR count). The summed E-state index contributed by atoms with van der Waals surface area (Å²) in [7, 11) is 2.83. The molecule has 0 fully saturated rings. The number of esters is 1. The number of anilines is 1. The quantitative estimate of drug-likeness (QED) is 0.392. The van der Waals surface area contributed by atoms with Crippen LogP contribution < -0.4 is 19.5 Å². The highest BCUT2D eigenvalue weighted by Crippen LogP contribution is 2.29. The van der Waals surface area contributed by atoms with Crippen molar-refractivity contribution in [3.8, 4) is 17.2 Å². The normalized spacial score (nSPS) is 9.93. The SMILES string of the molecule is COc1ccc(NC(=O)COC(=O)COc2ccccc2OC)c([N+](=O)[O-])c1. The van der Waals surface area contributed by atoms with Crippen LogP contribution in [0.25, 0.3) is 0 Å². The van der Waals surface area contributed by atoms with Gasteiger partial charge in [0, 0.05) is 0 Å². The maximum Gasteiger partial charge on any atom is 0.344 e. The van der Waals surface area contributed by atoms with Gasteiger partial charge in [-0.2, -0.15) is 0 Å². The number of carbonyl (C=O) groups is 2. The lowest BCUT2D eigenvalue weighted by atomic mass is 10.2. The second kappa shape index (κ2) is 9.76. The minimum Gasteiger partial charge on any atom is -0.496 e. The molecule has 0 saturated heterocycles. The number of methoxy groups -OCH3 is 2. The first-order chi connectivity index (χ1) is 13.4. The Morgan fingerprint density at radius 3 is 2.39 bits per heavy atom. The van der Waals surface area contributed by atoms with Gasteiger partial charge in [0.2, 0.25) is 0 Å². The first-order valence-electron chi connectivity index (χ1n) is 7.98. The Hall–Kier alpha value is -3.82. The number of amides is 1. The van der Waals surface area contributed by atoms with Crippen molar-refractivity contribution in [2.24, 2.45) is 0 Å². The van der Waals surface area contributed by atoms with Crippen LogP contribution in [-0.2, 0) is 14.3 Å². The summed E-state index contributed by atoms with van der Waals surface area (Å²) in [6.07, 6.45) is 0. The Kier molecular flexibility index (Phi) is 7.14. The van der Waals surface area contributed by atoms with E-state index >= 15 is 0 Å². The van der Waals surface area contributed by atoms with E-state index < -0.39 is 30.0 Å². The average Bonchev–Trinajstić information content (AvgIpc) is 2.71. The molecule has 0 aromatic heterocycles. The molecular formula is C18H18N2O8. The molecule has 0 unspecified atom stereocenters. The predicted molar refractivity (Wildman–Crippen MR) is 97.7 cm³/mol. The molecule has 0 aliphatic carbocycles. The largest absolute Gasteiger partial charge is 0.496 e. The summed E-state index contributed by atoms with van der Waals surface area (Å²) in [4.78, 5) is 34.1. The van der Waals surface area contributed by atoms with E-state index in [1.54, 1.807) is 24.3 Å². The van der Waals surface area contributed by atoms with Gasteiger partial charge >= 0.3 is 5.97 Å². The molecule has 2 aromatic rings. The maximum atomic E-state index is 11.9. The smallest absolute Gasteiger partial charge is 0.344 e. The number of para-hydroxylation sites is 2. The van der Waals surface area contributed by atoms with Crippen molar-refractivity contribution in [2.75, 3.05) is 32.8 Å². The topological polar surface area (TPSA) is 126 Å². The number of carbonyl (C=O) groups excluding carboxylic acids is 2. The minimum atomic E-state index is -0.787. The second-order valence-corrected chi connectivity index (χ2v) is 5.29. The summed E-state index contributed by atoms with van der Waals surface area (Å²) < 4.78 is 20.1. The first kappa shape index (κ1) is 20.5. The van der Waals surface area contributed by atoms with Crippen molar-refractivity contribution in [1.82, 2.24) is 0 Å². The van der Waals surface area contributed by atoms with Crippen LogP contribution in [0.15, 0.2) is 42.5 Å². The third kappa shape index (κ3) is 5.59. The molecule has 0 heterocycles. The first-order valence-corrected chi connectivity index (χ1v) is 7.98. The number of hydrogen-bond acceptors (Lipinski definition) is 8. The van der Waals surface area contributed by atoms with Gasteiger partial charge in [0.25, 0.3) is 11.6 Å². The van der Waals surface area contributed by atoms with Crippen molar-refractivity contribution in [2.45, 2.75) is 0 Å². The van der Waals surface area contributed by atoms with Crippen LogP contribution in [0.4, 0.5) is 11.4 Å². The molecule has 2 aromatic carbocycles. The van der Waals surface area contributed by atoms with E-state index in [0.717, 1.165) is 0 Å². The molecule has 0 aliphatic rings. The molecule has 0 saturated carbocycles. The van der Waals surface area contributed by atoms with Crippen molar-refractivity contribution in [3.63, 3.8) is 0 Å². The van der Waals surface area contributed by atoms with Gasteiger partial charge in [-0.25, -0.2) is 4.79 Å². The molecule has 0 spiro atoms. The van der Waals surface area contributed by atoms with Gasteiger partial charge in [-0.15, -0.1) is 0 Å². The Labute approximate surface area is 160 Å². The fourth-order valence-electron chi connectivity index (χ4n) is 2.14. The number of nitro groups is 1. The third-order valence-electron chi connectivity index (χ3n) is 3.45. The van der Waals surface area contributed by atoms with Gasteiger partial charge in [-0.3, -0.25) is 14.9 Å². The second-order valence-electron chi connectivity index (χ2n) is 5.29. The monoisotopic (exact) mass is 390 g/mol. The highest BCUT2D eigenvalue weighted by Gasteiger charge is 2.18. The zero-order valence-corrected chi connectivity index (χ0v) is 15.2. The molecule has 10 nitrogen and oxygen atoms in total. The lowest BCUT2D eigenvalue weighted by Crippen LogP contribution is -2.24. The van der Waals surface area contributed by atoms with Crippen LogP contribution in [0.2, 0.25) is 0 Å². The highest BCUT2D eigenvalue weighted by atomic mass is 16.6. The molecule has 0 bridgehead atoms. The van der Waals surface area contributed by atoms with Crippen LogP contribution >= 0.6 is 0 Å². The maximum absolute atomic E-state index is 11.9. The molecular weight excluding hydrogens is 372 g/mol. The Morgan fingerprint density at radius 1 is 1.04 bits per heavy atom. The number of rotatable bonds is 9. The lowest BCUT2D eigenvalue weighted by molar-refractivity contribution is -0.384. The van der Waals surface area contributed by atoms with Crippen LogP contribution in [0.5, 0.6) is 17.2 Å². The Bertz CT molecular complexity index is 868. The lowest BCUT2D eigenvalue weighted by Gasteiger charge is -2.10. The fraction of sp³-hybridized carbons (Fsp3) is 0.222. The summed E-state index contributed by atoms with van der Waals surface area (Å²) in [6.45, 7) is -1.06. The van der Waals surface area contributed by atoms with Crippen molar-refractivity contribution in [3.05, 3.63) is 52.6 Å². The van der Waals surface area contributed by atoms with Gasteiger partial charge in [0.05, 0.1) is 25.2 Å². The van der Waals surface area contributed by atoms with Gasteiger partial charge in [-0.1, -0.05) is 12.1 Å². The van der Waals surface area contributed by atoms with Crippen molar-refractivity contribution < 1.29 is 33.5 Å². The van der Waals surface area contributed by atoms with Crippen molar-refractivity contribution in [1.29, 1.82) is 0 Å². The molecule has 0 atom stereocenters. The van der Waals surface area contributed by atoms with E-state index in [4.69, 9.17) is 18.9 Å². The molecule has 28 heavy (non-hydrogen) atoms.